The number of hydrogen-bond donors (Lipinski definition) is 1. The molecular weight excluding hydrogens is 298 g/mol. The van der Waals surface area contributed by atoms with Crippen molar-refractivity contribution in [3.05, 3.63) is 28.2 Å². The number of ether oxygens (including phenoxy) is 1. The fraction of sp³-hybridized carbons (Fsp3) is 0.462. The van der Waals surface area contributed by atoms with Gasteiger partial charge in [0.1, 0.15) is 0 Å². The molecule has 0 aromatic heterocycles. The molecule has 4 nitrogen and oxygen atoms in total. The van der Waals surface area contributed by atoms with Gasteiger partial charge in [-0.3, -0.25) is 0 Å². The lowest BCUT2D eigenvalue weighted by Gasteiger charge is -2.33. The number of aromatic carboxylic acids is 1. The lowest BCUT2D eigenvalue weighted by atomic mass is 10.0. The molecule has 1 saturated heterocycles. The van der Waals surface area contributed by atoms with E-state index < -0.39 is 5.97 Å². The van der Waals surface area contributed by atoms with E-state index >= 15 is 0 Å². The molecule has 0 amide bonds. The molecule has 2 rings (SSSR count). The van der Waals surface area contributed by atoms with E-state index in [0.29, 0.717) is 11.6 Å². The molecule has 0 unspecified atom stereocenters. The van der Waals surface area contributed by atoms with E-state index in [2.05, 4.69) is 20.8 Å². The molecule has 0 radical (unpaired) electrons. The van der Waals surface area contributed by atoms with Gasteiger partial charge in [-0.05, 0) is 31.0 Å². The van der Waals surface area contributed by atoms with E-state index in [1.807, 2.05) is 19.2 Å². The van der Waals surface area contributed by atoms with E-state index in [1.165, 1.54) is 0 Å². The summed E-state index contributed by atoms with van der Waals surface area (Å²) in [5.74, 6) is -0.898. The summed E-state index contributed by atoms with van der Waals surface area (Å²) in [7, 11) is 1.95. The summed E-state index contributed by atoms with van der Waals surface area (Å²) in [6.07, 6.45) is 1.87. The van der Waals surface area contributed by atoms with Crippen LogP contribution in [0.25, 0.3) is 0 Å². The van der Waals surface area contributed by atoms with Gasteiger partial charge >= 0.3 is 5.97 Å². The molecule has 0 bridgehead atoms. The number of benzene rings is 1. The van der Waals surface area contributed by atoms with Gasteiger partial charge in [-0.15, -0.1) is 0 Å². The minimum Gasteiger partial charge on any atom is -0.478 e. The molecule has 0 aliphatic carbocycles. The predicted octanol–water partition coefficient (Wildman–Crippen LogP) is 2.76. The Labute approximate surface area is 115 Å². The first-order valence-electron chi connectivity index (χ1n) is 5.93. The van der Waals surface area contributed by atoms with Crippen LogP contribution in [0.2, 0.25) is 0 Å². The summed E-state index contributed by atoms with van der Waals surface area (Å²) in [6.45, 7) is 1.49. The molecule has 0 atom stereocenters. The molecule has 1 N–H and O–H groups in total. The first kappa shape index (κ1) is 13.4. The third-order valence-electron chi connectivity index (χ3n) is 3.31. The number of anilines is 1. The fourth-order valence-electron chi connectivity index (χ4n) is 2.26. The van der Waals surface area contributed by atoms with E-state index in [9.17, 15) is 9.90 Å². The second-order valence-corrected chi connectivity index (χ2v) is 5.34. The fourth-order valence-corrected chi connectivity index (χ4v) is 2.62. The topological polar surface area (TPSA) is 49.8 Å². The van der Waals surface area contributed by atoms with Crippen LogP contribution in [0, 0.1) is 0 Å². The molecule has 1 aliphatic rings. The Hall–Kier alpha value is -1.07. The zero-order chi connectivity index (χ0) is 13.1. The first-order valence-corrected chi connectivity index (χ1v) is 6.72. The van der Waals surface area contributed by atoms with Crippen molar-refractivity contribution >= 4 is 27.6 Å². The SMILES string of the molecule is CN(c1ccc(Br)cc1C(=O)O)C1CCOCC1. The minimum absolute atomic E-state index is 0.332. The molecule has 1 aromatic carbocycles. The quantitative estimate of drug-likeness (QED) is 0.932. The molecule has 0 saturated carbocycles. The summed E-state index contributed by atoms with van der Waals surface area (Å²) in [6, 6.07) is 5.71. The number of carboxylic acid groups (broad SMARTS) is 1. The van der Waals surface area contributed by atoms with Crippen LogP contribution >= 0.6 is 15.9 Å². The molecule has 18 heavy (non-hydrogen) atoms. The summed E-state index contributed by atoms with van der Waals surface area (Å²) in [5, 5.41) is 9.27. The lowest BCUT2D eigenvalue weighted by Crippen LogP contribution is -2.37. The first-order chi connectivity index (χ1) is 8.59. The summed E-state index contributed by atoms with van der Waals surface area (Å²) < 4.78 is 6.11. The van der Waals surface area contributed by atoms with Crippen molar-refractivity contribution in [2.75, 3.05) is 25.2 Å². The number of halogens is 1. The molecule has 1 aromatic rings. The van der Waals surface area contributed by atoms with Crippen LogP contribution in [-0.4, -0.2) is 37.4 Å². The Morgan fingerprint density at radius 1 is 1.44 bits per heavy atom. The van der Waals surface area contributed by atoms with Crippen molar-refractivity contribution in [3.8, 4) is 0 Å². The average molecular weight is 314 g/mol. The maximum atomic E-state index is 11.3. The van der Waals surface area contributed by atoms with Gasteiger partial charge in [0.25, 0.3) is 0 Å². The molecule has 1 aliphatic heterocycles. The normalized spacial score (nSPS) is 16.6. The predicted molar refractivity (Wildman–Crippen MR) is 73.3 cm³/mol. The van der Waals surface area contributed by atoms with Gasteiger partial charge in [-0.1, -0.05) is 15.9 Å². The number of carboxylic acids is 1. The molecule has 1 fully saturated rings. The van der Waals surface area contributed by atoms with Gasteiger partial charge in [0.15, 0.2) is 0 Å². The highest BCUT2D eigenvalue weighted by atomic mass is 79.9. The summed E-state index contributed by atoms with van der Waals surface area (Å²) in [5.41, 5.74) is 1.09. The van der Waals surface area contributed by atoms with E-state index in [4.69, 9.17) is 4.74 Å². The Balaban J connectivity index is 2.28. The number of nitrogens with zero attached hydrogens (tertiary/aromatic N) is 1. The largest absolute Gasteiger partial charge is 0.478 e. The second kappa shape index (κ2) is 5.71. The van der Waals surface area contributed by atoms with Crippen molar-refractivity contribution in [2.24, 2.45) is 0 Å². The van der Waals surface area contributed by atoms with Crippen molar-refractivity contribution < 1.29 is 14.6 Å². The van der Waals surface area contributed by atoms with Crippen molar-refractivity contribution in [2.45, 2.75) is 18.9 Å². The highest BCUT2D eigenvalue weighted by molar-refractivity contribution is 9.10. The van der Waals surface area contributed by atoms with Gasteiger partial charge in [0.2, 0.25) is 0 Å². The zero-order valence-electron chi connectivity index (χ0n) is 10.2. The number of hydrogen-bond acceptors (Lipinski definition) is 3. The minimum atomic E-state index is -0.898. The molecular formula is C13H16BrNO3. The van der Waals surface area contributed by atoms with E-state index in [1.54, 1.807) is 6.07 Å². The molecule has 1 heterocycles. The Kier molecular flexibility index (Phi) is 4.24. The van der Waals surface area contributed by atoms with E-state index in [0.717, 1.165) is 36.2 Å². The average Bonchev–Trinajstić information content (AvgIpc) is 2.39. The van der Waals surface area contributed by atoms with Crippen LogP contribution in [0.1, 0.15) is 23.2 Å². The van der Waals surface area contributed by atoms with Crippen LogP contribution in [0.5, 0.6) is 0 Å². The van der Waals surface area contributed by atoms with Gasteiger partial charge < -0.3 is 14.7 Å². The van der Waals surface area contributed by atoms with Crippen LogP contribution in [0.3, 0.4) is 0 Å². The lowest BCUT2D eigenvalue weighted by molar-refractivity contribution is 0.0696. The van der Waals surface area contributed by atoms with Crippen molar-refractivity contribution in [1.29, 1.82) is 0 Å². The molecule has 98 valence electrons. The Morgan fingerprint density at radius 3 is 2.72 bits per heavy atom. The van der Waals surface area contributed by atoms with E-state index in [-0.39, 0.29) is 0 Å². The van der Waals surface area contributed by atoms with Gasteiger partial charge in [-0.25, -0.2) is 4.79 Å². The van der Waals surface area contributed by atoms with Crippen molar-refractivity contribution in [1.82, 2.24) is 0 Å². The number of carbonyl (C=O) groups is 1. The monoisotopic (exact) mass is 313 g/mol. The second-order valence-electron chi connectivity index (χ2n) is 4.42. The standard InChI is InChI=1S/C13H16BrNO3/c1-15(10-4-6-18-7-5-10)12-3-2-9(14)8-11(12)13(16)17/h2-3,8,10H,4-7H2,1H3,(H,16,17). The summed E-state index contributed by atoms with van der Waals surface area (Å²) >= 11 is 3.31. The highest BCUT2D eigenvalue weighted by Gasteiger charge is 2.22. The van der Waals surface area contributed by atoms with Crippen molar-refractivity contribution in [3.63, 3.8) is 0 Å². The van der Waals surface area contributed by atoms with Crippen LogP contribution < -0.4 is 4.90 Å². The highest BCUT2D eigenvalue weighted by Crippen LogP contribution is 2.27. The Morgan fingerprint density at radius 2 is 2.11 bits per heavy atom. The number of rotatable bonds is 3. The maximum absolute atomic E-state index is 11.3. The van der Waals surface area contributed by atoms with Crippen LogP contribution in [0.15, 0.2) is 22.7 Å². The third-order valence-corrected chi connectivity index (χ3v) is 3.80. The van der Waals surface area contributed by atoms with Crippen LogP contribution in [0.4, 0.5) is 5.69 Å². The van der Waals surface area contributed by atoms with Crippen LogP contribution in [-0.2, 0) is 4.74 Å². The Bertz CT molecular complexity index is 444. The molecule has 0 spiro atoms. The smallest absolute Gasteiger partial charge is 0.337 e. The third kappa shape index (κ3) is 2.84. The summed E-state index contributed by atoms with van der Waals surface area (Å²) in [4.78, 5) is 13.3. The van der Waals surface area contributed by atoms with Gasteiger partial charge in [0, 0.05) is 30.8 Å². The maximum Gasteiger partial charge on any atom is 0.337 e. The molecule has 5 heteroatoms. The van der Waals surface area contributed by atoms with Gasteiger partial charge in [-0.2, -0.15) is 0 Å². The zero-order valence-corrected chi connectivity index (χ0v) is 11.8. The van der Waals surface area contributed by atoms with Gasteiger partial charge in [0.05, 0.1) is 11.3 Å².